The fourth-order valence-electron chi connectivity index (χ4n) is 3.29. The molecule has 1 saturated heterocycles. The third-order valence-electron chi connectivity index (χ3n) is 4.86. The Hall–Kier alpha value is -1.46. The van der Waals surface area contributed by atoms with Crippen LogP contribution in [0.5, 0.6) is 0 Å². The van der Waals surface area contributed by atoms with E-state index in [0.29, 0.717) is 18.3 Å². The number of nitrogens with one attached hydrogen (secondary N) is 4. The van der Waals surface area contributed by atoms with Crippen LogP contribution in [0.4, 0.5) is 15.2 Å². The summed E-state index contributed by atoms with van der Waals surface area (Å²) in [4.78, 5) is 3.34. The van der Waals surface area contributed by atoms with Gasteiger partial charge in [0.15, 0.2) is 5.13 Å². The Bertz CT molecular complexity index is 906. The second kappa shape index (κ2) is 11.2. The van der Waals surface area contributed by atoms with Gasteiger partial charge in [-0.3, -0.25) is 4.72 Å². The maximum Gasteiger partial charge on any atom is 0.266 e. The van der Waals surface area contributed by atoms with Gasteiger partial charge in [0.25, 0.3) is 10.0 Å². The van der Waals surface area contributed by atoms with Gasteiger partial charge < -0.3 is 16.0 Å². The number of nitrogens with zero attached hydrogens (tertiary/aromatic N) is 1. The highest BCUT2D eigenvalue weighted by Crippen LogP contribution is 2.29. The van der Waals surface area contributed by atoms with Gasteiger partial charge in [-0.25, -0.2) is 17.8 Å². The Kier molecular flexibility index (Phi) is 8.70. The minimum absolute atomic E-state index is 0.150. The van der Waals surface area contributed by atoms with Crippen LogP contribution in [0, 0.1) is 5.82 Å². The number of hydrogen-bond donors (Lipinski definition) is 4. The van der Waals surface area contributed by atoms with Crippen LogP contribution >= 0.6 is 22.9 Å². The maximum absolute atomic E-state index is 14.5. The third kappa shape index (κ3) is 6.78. The lowest BCUT2D eigenvalue weighted by molar-refractivity contribution is 0.383. The van der Waals surface area contributed by atoms with E-state index >= 15 is 0 Å². The molecular weight excluding hydrogens is 449 g/mol. The minimum Gasteiger partial charge on any atom is -0.384 e. The SMILES string of the molecule is O=S(=O)(Nc1nccs1)c1cc(Cl)c(NCCCCNC[C@H]2CCCCN2)cc1F. The standard InChI is InChI=1S/C19H27ClFN5O2S2/c20-15-11-18(30(27,28)26-19-25-9-10-29-19)16(21)12-17(15)24-8-4-3-6-22-13-14-5-1-2-7-23-14/h9-12,14,22-24H,1-8,13H2,(H,25,26)/t14-/m1/s1. The van der Waals surface area contributed by atoms with Gasteiger partial charge in [-0.05, 0) is 50.9 Å². The summed E-state index contributed by atoms with van der Waals surface area (Å²) >= 11 is 7.29. The van der Waals surface area contributed by atoms with Crippen molar-refractivity contribution in [2.24, 2.45) is 0 Å². The van der Waals surface area contributed by atoms with E-state index in [0.717, 1.165) is 55.9 Å². The van der Waals surface area contributed by atoms with Gasteiger partial charge in [0.1, 0.15) is 10.7 Å². The lowest BCUT2D eigenvalue weighted by atomic mass is 10.1. The van der Waals surface area contributed by atoms with E-state index in [1.165, 1.54) is 25.5 Å². The Balaban J connectivity index is 1.43. The largest absolute Gasteiger partial charge is 0.384 e. The molecule has 4 N–H and O–H groups in total. The van der Waals surface area contributed by atoms with Crippen molar-refractivity contribution in [1.29, 1.82) is 0 Å². The normalized spacial score (nSPS) is 17.1. The van der Waals surface area contributed by atoms with Crippen molar-refractivity contribution in [2.75, 3.05) is 36.2 Å². The highest BCUT2D eigenvalue weighted by molar-refractivity contribution is 7.93. The fraction of sp³-hybridized carbons (Fsp3) is 0.526. The lowest BCUT2D eigenvalue weighted by Gasteiger charge is -2.23. The zero-order valence-corrected chi connectivity index (χ0v) is 19.0. The molecule has 0 radical (unpaired) electrons. The Morgan fingerprint density at radius 1 is 1.27 bits per heavy atom. The summed E-state index contributed by atoms with van der Waals surface area (Å²) in [7, 11) is -4.10. The second-order valence-corrected chi connectivity index (χ2v) is 10.1. The fourth-order valence-corrected chi connectivity index (χ4v) is 5.46. The van der Waals surface area contributed by atoms with Gasteiger partial charge in [-0.2, -0.15) is 0 Å². The molecule has 1 atom stereocenters. The Labute approximate surface area is 185 Å². The molecule has 1 aromatic carbocycles. The first kappa shape index (κ1) is 23.2. The average molecular weight is 476 g/mol. The van der Waals surface area contributed by atoms with Gasteiger partial charge in [0.05, 0.1) is 10.7 Å². The molecule has 166 valence electrons. The molecule has 1 aliphatic heterocycles. The summed E-state index contributed by atoms with van der Waals surface area (Å²) in [5.74, 6) is -0.868. The number of rotatable bonds is 11. The molecular formula is C19H27ClFN5O2S2. The number of sulfonamides is 1. The first-order valence-electron chi connectivity index (χ1n) is 10.0. The highest BCUT2D eigenvalue weighted by atomic mass is 35.5. The highest BCUT2D eigenvalue weighted by Gasteiger charge is 2.22. The lowest BCUT2D eigenvalue weighted by Crippen LogP contribution is -2.41. The topological polar surface area (TPSA) is 95.2 Å². The van der Waals surface area contributed by atoms with Crippen molar-refractivity contribution in [3.05, 3.63) is 34.5 Å². The van der Waals surface area contributed by atoms with Crippen molar-refractivity contribution in [3.8, 4) is 0 Å². The van der Waals surface area contributed by atoms with Crippen molar-refractivity contribution in [2.45, 2.75) is 43.0 Å². The minimum atomic E-state index is -4.10. The number of halogens is 2. The smallest absolute Gasteiger partial charge is 0.266 e. The van der Waals surface area contributed by atoms with E-state index < -0.39 is 20.7 Å². The predicted octanol–water partition coefficient (Wildman–Crippen LogP) is 3.66. The number of anilines is 2. The molecule has 2 aromatic rings. The van der Waals surface area contributed by atoms with Gasteiger partial charge >= 0.3 is 0 Å². The zero-order chi connectivity index (χ0) is 21.4. The number of benzene rings is 1. The molecule has 0 saturated carbocycles. The van der Waals surface area contributed by atoms with Crippen LogP contribution in [0.2, 0.25) is 5.02 Å². The molecule has 0 unspecified atom stereocenters. The van der Waals surface area contributed by atoms with E-state index in [2.05, 4.69) is 25.7 Å². The number of piperidine rings is 1. The summed E-state index contributed by atoms with van der Waals surface area (Å²) in [5, 5.41) is 12.0. The van der Waals surface area contributed by atoms with Gasteiger partial charge in [0, 0.05) is 30.7 Å². The van der Waals surface area contributed by atoms with E-state index in [-0.39, 0.29) is 10.2 Å². The summed E-state index contributed by atoms with van der Waals surface area (Å²) < 4.78 is 41.5. The van der Waals surface area contributed by atoms with Gasteiger partial charge in [-0.1, -0.05) is 18.0 Å². The van der Waals surface area contributed by atoms with Gasteiger partial charge in [-0.15, -0.1) is 11.3 Å². The molecule has 0 spiro atoms. The molecule has 11 heteroatoms. The Morgan fingerprint density at radius 2 is 2.10 bits per heavy atom. The van der Waals surface area contributed by atoms with Crippen LogP contribution in [0.3, 0.4) is 0 Å². The Morgan fingerprint density at radius 3 is 2.83 bits per heavy atom. The van der Waals surface area contributed by atoms with Gasteiger partial charge in [0.2, 0.25) is 0 Å². The third-order valence-corrected chi connectivity index (χ3v) is 7.35. The van der Waals surface area contributed by atoms with Crippen LogP contribution < -0.4 is 20.7 Å². The van der Waals surface area contributed by atoms with Crippen molar-refractivity contribution >= 4 is 43.8 Å². The molecule has 3 rings (SSSR count). The molecule has 1 aliphatic rings. The van der Waals surface area contributed by atoms with E-state index in [9.17, 15) is 12.8 Å². The van der Waals surface area contributed by atoms with Crippen LogP contribution in [0.1, 0.15) is 32.1 Å². The molecule has 7 nitrogen and oxygen atoms in total. The summed E-state index contributed by atoms with van der Waals surface area (Å²) in [6.45, 7) is 3.62. The number of thiazole rings is 1. The molecule has 1 fully saturated rings. The molecule has 30 heavy (non-hydrogen) atoms. The van der Waals surface area contributed by atoms with E-state index in [4.69, 9.17) is 11.6 Å². The number of aromatic nitrogens is 1. The van der Waals surface area contributed by atoms with Crippen LogP contribution in [0.15, 0.2) is 28.6 Å². The quantitative estimate of drug-likeness (QED) is 0.370. The van der Waals surface area contributed by atoms with E-state index in [1.807, 2.05) is 0 Å². The van der Waals surface area contributed by atoms with E-state index in [1.54, 1.807) is 5.38 Å². The molecule has 1 aromatic heterocycles. The van der Waals surface area contributed by atoms with Crippen molar-refractivity contribution < 1.29 is 12.8 Å². The number of hydrogen-bond acceptors (Lipinski definition) is 7. The van der Waals surface area contributed by atoms with Crippen LogP contribution in [-0.2, 0) is 10.0 Å². The average Bonchev–Trinajstić information content (AvgIpc) is 3.22. The van der Waals surface area contributed by atoms with Crippen LogP contribution in [0.25, 0.3) is 0 Å². The molecule has 0 aliphatic carbocycles. The zero-order valence-electron chi connectivity index (χ0n) is 16.6. The molecule has 2 heterocycles. The van der Waals surface area contributed by atoms with Crippen molar-refractivity contribution in [1.82, 2.24) is 15.6 Å². The summed E-state index contributed by atoms with van der Waals surface area (Å²) in [5.41, 5.74) is 0.377. The predicted molar refractivity (Wildman–Crippen MR) is 121 cm³/mol. The molecule has 0 amide bonds. The van der Waals surface area contributed by atoms with Crippen LogP contribution in [-0.4, -0.2) is 45.6 Å². The number of unbranched alkanes of at least 4 members (excludes halogenated alkanes) is 1. The van der Waals surface area contributed by atoms with Crippen molar-refractivity contribution in [3.63, 3.8) is 0 Å². The maximum atomic E-state index is 14.5. The monoisotopic (exact) mass is 475 g/mol. The molecule has 0 bridgehead atoms. The second-order valence-electron chi connectivity index (χ2n) is 7.19. The summed E-state index contributed by atoms with van der Waals surface area (Å²) in [6, 6.07) is 2.80. The first-order valence-corrected chi connectivity index (χ1v) is 12.8. The summed E-state index contributed by atoms with van der Waals surface area (Å²) in [6.07, 6.45) is 7.10. The first-order chi connectivity index (χ1) is 14.5.